The lowest BCUT2D eigenvalue weighted by atomic mass is 9.93. The van der Waals surface area contributed by atoms with E-state index in [-0.39, 0.29) is 0 Å². The minimum absolute atomic E-state index is 0.986. The van der Waals surface area contributed by atoms with Gasteiger partial charge in [-0.25, -0.2) is 0 Å². The monoisotopic (exact) mass is 596 g/mol. The molecule has 0 saturated heterocycles. The van der Waals surface area contributed by atoms with Crippen LogP contribution in [0.2, 0.25) is 0 Å². The summed E-state index contributed by atoms with van der Waals surface area (Å²) in [5.41, 5.74) is 11.7. The van der Waals surface area contributed by atoms with Crippen LogP contribution >= 0.6 is 0 Å². The van der Waals surface area contributed by atoms with Crippen LogP contribution in [0.15, 0.2) is 182 Å². The summed E-state index contributed by atoms with van der Waals surface area (Å²) in [7, 11) is 0. The van der Waals surface area contributed by atoms with Gasteiger partial charge in [0.15, 0.2) is 0 Å². The maximum absolute atomic E-state index is 2.38. The van der Waals surface area contributed by atoms with E-state index in [4.69, 9.17) is 0 Å². The van der Waals surface area contributed by atoms with Gasteiger partial charge in [0.2, 0.25) is 0 Å². The first-order valence-electron chi connectivity index (χ1n) is 16.1. The molecule has 46 heavy (non-hydrogen) atoms. The number of nitrogens with zero attached hydrogens (tertiary/aromatic N) is 2. The van der Waals surface area contributed by atoms with Crippen molar-refractivity contribution in [1.82, 2.24) is 0 Å². The van der Waals surface area contributed by atoms with E-state index in [9.17, 15) is 0 Å². The van der Waals surface area contributed by atoms with Crippen LogP contribution in [0.1, 0.15) is 36.1 Å². The van der Waals surface area contributed by atoms with Crippen LogP contribution in [-0.4, -0.2) is 13.1 Å². The Bertz CT molecular complexity index is 1770. The van der Waals surface area contributed by atoms with Crippen molar-refractivity contribution >= 4 is 33.9 Å². The normalized spacial score (nSPS) is 11.1. The Morgan fingerprint density at radius 3 is 1.04 bits per heavy atom. The summed E-state index contributed by atoms with van der Waals surface area (Å²) in [5, 5.41) is 0. The van der Waals surface area contributed by atoms with Gasteiger partial charge in [-0.3, -0.25) is 0 Å². The molecule has 2 heteroatoms. The standard InChI is InChI=1S/C44H40N2/c1-3-45(4-2)39-29-25-37(26-30-39)44(34-33-43(35-17-9-5-10-18-35)36-19-11-6-12-20-36)38-27-31-42(32-28-38)46(40-21-13-7-14-22-40)41-23-15-8-16-24-41/h5-34H,3-4H2,1-2H3/b44-34+. The molecule has 0 fully saturated rings. The third kappa shape index (κ3) is 7.03. The average Bonchev–Trinajstić information content (AvgIpc) is 3.13. The van der Waals surface area contributed by atoms with Crippen LogP contribution in [-0.2, 0) is 0 Å². The highest BCUT2D eigenvalue weighted by Gasteiger charge is 2.14. The second-order valence-electron chi connectivity index (χ2n) is 11.2. The van der Waals surface area contributed by atoms with Crippen molar-refractivity contribution in [1.29, 1.82) is 0 Å². The number of para-hydroxylation sites is 2. The first-order valence-corrected chi connectivity index (χ1v) is 16.1. The van der Waals surface area contributed by atoms with E-state index < -0.39 is 0 Å². The van der Waals surface area contributed by atoms with Crippen molar-refractivity contribution in [2.45, 2.75) is 13.8 Å². The number of hydrogen-bond acceptors (Lipinski definition) is 2. The molecule has 0 aliphatic rings. The van der Waals surface area contributed by atoms with Gasteiger partial charge >= 0.3 is 0 Å². The second kappa shape index (κ2) is 14.9. The molecule has 0 aromatic heterocycles. The van der Waals surface area contributed by atoms with Gasteiger partial charge in [0.25, 0.3) is 0 Å². The minimum Gasteiger partial charge on any atom is -0.372 e. The molecule has 0 aliphatic carbocycles. The predicted octanol–water partition coefficient (Wildman–Crippen LogP) is 11.6. The summed E-state index contributed by atoms with van der Waals surface area (Å²) >= 11 is 0. The van der Waals surface area contributed by atoms with Gasteiger partial charge in [-0.05, 0) is 95.8 Å². The molecule has 0 unspecified atom stereocenters. The zero-order valence-electron chi connectivity index (χ0n) is 26.6. The number of allylic oxidation sites excluding steroid dienone is 2. The summed E-state index contributed by atoms with van der Waals surface area (Å²) in [5.74, 6) is 0. The summed E-state index contributed by atoms with van der Waals surface area (Å²) in [6.07, 6.45) is 4.55. The molecule has 2 nitrogen and oxygen atoms in total. The molecule has 0 heterocycles. The van der Waals surface area contributed by atoms with Crippen LogP contribution in [0.3, 0.4) is 0 Å². The van der Waals surface area contributed by atoms with Gasteiger partial charge in [-0.2, -0.15) is 0 Å². The highest BCUT2D eigenvalue weighted by Crippen LogP contribution is 2.36. The fourth-order valence-electron chi connectivity index (χ4n) is 5.95. The van der Waals surface area contributed by atoms with Crippen molar-refractivity contribution in [2.75, 3.05) is 22.9 Å². The molecule has 0 atom stereocenters. The van der Waals surface area contributed by atoms with Crippen LogP contribution in [0, 0.1) is 0 Å². The molecular weight excluding hydrogens is 556 g/mol. The van der Waals surface area contributed by atoms with Crippen molar-refractivity contribution in [3.05, 3.63) is 204 Å². The number of anilines is 4. The average molecular weight is 597 g/mol. The van der Waals surface area contributed by atoms with Crippen molar-refractivity contribution < 1.29 is 0 Å². The minimum atomic E-state index is 0.986. The van der Waals surface area contributed by atoms with Crippen LogP contribution in [0.5, 0.6) is 0 Å². The fourth-order valence-corrected chi connectivity index (χ4v) is 5.95. The highest BCUT2D eigenvalue weighted by atomic mass is 15.1. The molecule has 0 spiro atoms. The van der Waals surface area contributed by atoms with E-state index >= 15 is 0 Å². The largest absolute Gasteiger partial charge is 0.372 e. The molecule has 6 rings (SSSR count). The first kappa shape index (κ1) is 30.4. The SMILES string of the molecule is CCN(CC)c1ccc(/C(=C\C=C(c2ccccc2)c2ccccc2)c2ccc(N(c3ccccc3)c3ccccc3)cc2)cc1. The third-order valence-corrected chi connectivity index (χ3v) is 8.36. The van der Waals surface area contributed by atoms with Gasteiger partial charge in [0.05, 0.1) is 0 Å². The number of benzene rings is 6. The molecule has 0 bridgehead atoms. The topological polar surface area (TPSA) is 6.48 Å². The summed E-state index contributed by atoms with van der Waals surface area (Å²) < 4.78 is 0. The molecule has 0 aliphatic heterocycles. The maximum atomic E-state index is 2.38. The van der Waals surface area contributed by atoms with Gasteiger partial charge in [-0.15, -0.1) is 0 Å². The zero-order chi connectivity index (χ0) is 31.6. The third-order valence-electron chi connectivity index (χ3n) is 8.36. The van der Waals surface area contributed by atoms with E-state index in [2.05, 4.69) is 206 Å². The molecule has 0 radical (unpaired) electrons. The van der Waals surface area contributed by atoms with E-state index in [1.54, 1.807) is 0 Å². The Morgan fingerprint density at radius 2 is 0.674 bits per heavy atom. The van der Waals surface area contributed by atoms with E-state index in [1.807, 2.05) is 0 Å². The lowest BCUT2D eigenvalue weighted by Crippen LogP contribution is -2.21. The Morgan fingerprint density at radius 1 is 0.370 bits per heavy atom. The molecule has 6 aromatic rings. The van der Waals surface area contributed by atoms with Crippen LogP contribution in [0.4, 0.5) is 22.7 Å². The van der Waals surface area contributed by atoms with E-state index in [1.165, 1.54) is 33.5 Å². The molecule has 226 valence electrons. The summed E-state index contributed by atoms with van der Waals surface area (Å²) in [6, 6.07) is 60.3. The Hall–Kier alpha value is -5.60. The summed E-state index contributed by atoms with van der Waals surface area (Å²) in [4.78, 5) is 4.68. The Labute approximate surface area is 274 Å². The smallest absolute Gasteiger partial charge is 0.0462 e. The molecule has 0 amide bonds. The van der Waals surface area contributed by atoms with Gasteiger partial charge in [0.1, 0.15) is 0 Å². The van der Waals surface area contributed by atoms with Crippen molar-refractivity contribution in [3.8, 4) is 0 Å². The highest BCUT2D eigenvalue weighted by molar-refractivity contribution is 5.87. The number of hydrogen-bond donors (Lipinski definition) is 0. The van der Waals surface area contributed by atoms with Gasteiger partial charge in [0, 0.05) is 35.8 Å². The second-order valence-corrected chi connectivity index (χ2v) is 11.2. The molecular formula is C44H40N2. The van der Waals surface area contributed by atoms with Gasteiger partial charge in [-0.1, -0.05) is 133 Å². The predicted molar refractivity (Wildman–Crippen MR) is 198 cm³/mol. The summed E-state index contributed by atoms with van der Waals surface area (Å²) in [6.45, 7) is 6.38. The van der Waals surface area contributed by atoms with E-state index in [0.717, 1.165) is 35.7 Å². The van der Waals surface area contributed by atoms with E-state index in [0.29, 0.717) is 0 Å². The maximum Gasteiger partial charge on any atom is 0.0462 e. The lowest BCUT2D eigenvalue weighted by molar-refractivity contribution is 0.866. The molecule has 0 saturated carbocycles. The fraction of sp³-hybridized carbons (Fsp3) is 0.0909. The zero-order valence-corrected chi connectivity index (χ0v) is 26.6. The van der Waals surface area contributed by atoms with Crippen molar-refractivity contribution in [3.63, 3.8) is 0 Å². The number of rotatable bonds is 11. The van der Waals surface area contributed by atoms with Crippen LogP contribution < -0.4 is 9.80 Å². The lowest BCUT2D eigenvalue weighted by Gasteiger charge is -2.25. The Kier molecular flexibility index (Phi) is 9.87. The van der Waals surface area contributed by atoms with Gasteiger partial charge < -0.3 is 9.80 Å². The quantitative estimate of drug-likeness (QED) is 0.137. The molecule has 0 N–H and O–H groups in total. The van der Waals surface area contributed by atoms with Crippen LogP contribution in [0.25, 0.3) is 11.1 Å². The Balaban J connectivity index is 1.46. The molecule has 6 aromatic carbocycles. The first-order chi connectivity index (χ1) is 22.7. The van der Waals surface area contributed by atoms with Crippen molar-refractivity contribution in [2.24, 2.45) is 0 Å².